The molecule has 9 nitrogen and oxygen atoms in total. The molecule has 0 N–H and O–H groups in total. The molecule has 0 aliphatic carbocycles. The first kappa shape index (κ1) is 20.1. The van der Waals surface area contributed by atoms with Crippen molar-refractivity contribution in [3.05, 3.63) is 29.6 Å². The number of rotatable bonds is 3. The number of piperazine rings is 2. The number of hydrogen-bond acceptors (Lipinski definition) is 6. The number of nitrogens with zero attached hydrogens (tertiary/aromatic N) is 5. The van der Waals surface area contributed by atoms with Gasteiger partial charge in [-0.15, -0.1) is 0 Å². The van der Waals surface area contributed by atoms with Gasteiger partial charge < -0.3 is 24.3 Å². The van der Waals surface area contributed by atoms with Crippen LogP contribution in [-0.4, -0.2) is 109 Å². The third kappa shape index (κ3) is 4.59. The largest absolute Gasteiger partial charge is 0.450 e. The predicted octanol–water partition coefficient (Wildman–Crippen LogP) is 0.384. The van der Waals surface area contributed by atoms with Gasteiger partial charge >= 0.3 is 6.09 Å². The Labute approximate surface area is 164 Å². The number of hydrogen-bond donors (Lipinski definition) is 0. The topological polar surface area (TPSA) is 86.3 Å². The van der Waals surface area contributed by atoms with Crippen LogP contribution in [0, 0.1) is 0 Å². The SMILES string of the molecule is CCOC(=O)N1CCN(C(=O)c2ccnc(C(=O)N3CCN(C)CC3)c2)CC1. The summed E-state index contributed by atoms with van der Waals surface area (Å²) >= 11 is 0. The fourth-order valence-corrected chi connectivity index (χ4v) is 3.34. The van der Waals surface area contributed by atoms with Crippen molar-refractivity contribution in [2.75, 3.05) is 66.0 Å². The summed E-state index contributed by atoms with van der Waals surface area (Å²) in [5, 5.41) is 0. The van der Waals surface area contributed by atoms with Crippen LogP contribution in [0.5, 0.6) is 0 Å². The Hall–Kier alpha value is -2.68. The number of ether oxygens (including phenoxy) is 1. The highest BCUT2D eigenvalue weighted by molar-refractivity contribution is 5.98. The van der Waals surface area contributed by atoms with E-state index in [1.54, 1.807) is 33.8 Å². The summed E-state index contributed by atoms with van der Waals surface area (Å²) in [6.07, 6.45) is 1.16. The summed E-state index contributed by atoms with van der Waals surface area (Å²) < 4.78 is 5.00. The Morgan fingerprint density at radius 2 is 1.50 bits per heavy atom. The first-order valence-electron chi connectivity index (χ1n) is 9.64. The standard InChI is InChI=1S/C19H27N5O4/c1-3-28-19(27)24-12-10-22(11-13-24)17(25)15-4-5-20-16(14-15)18(26)23-8-6-21(2)7-9-23/h4-5,14H,3,6-13H2,1-2H3. The van der Waals surface area contributed by atoms with Crippen molar-refractivity contribution in [2.45, 2.75) is 6.92 Å². The average molecular weight is 389 g/mol. The molecule has 0 spiro atoms. The summed E-state index contributed by atoms with van der Waals surface area (Å²) in [5.74, 6) is -0.298. The third-order valence-corrected chi connectivity index (χ3v) is 5.11. The molecule has 2 fully saturated rings. The van der Waals surface area contributed by atoms with Crippen LogP contribution >= 0.6 is 0 Å². The quantitative estimate of drug-likeness (QED) is 0.743. The van der Waals surface area contributed by atoms with Crippen molar-refractivity contribution in [3.63, 3.8) is 0 Å². The van der Waals surface area contributed by atoms with Crippen molar-refractivity contribution >= 4 is 17.9 Å². The molecular weight excluding hydrogens is 362 g/mol. The highest BCUT2D eigenvalue weighted by Crippen LogP contribution is 2.12. The maximum Gasteiger partial charge on any atom is 0.409 e. The summed E-state index contributed by atoms with van der Waals surface area (Å²) in [5.41, 5.74) is 0.734. The van der Waals surface area contributed by atoms with E-state index in [0.29, 0.717) is 57.1 Å². The first-order valence-corrected chi connectivity index (χ1v) is 9.64. The molecule has 28 heavy (non-hydrogen) atoms. The van der Waals surface area contributed by atoms with Crippen LogP contribution in [0.4, 0.5) is 4.79 Å². The molecular formula is C19H27N5O4. The van der Waals surface area contributed by atoms with Crippen molar-refractivity contribution in [3.8, 4) is 0 Å². The van der Waals surface area contributed by atoms with Crippen LogP contribution in [0.3, 0.4) is 0 Å². The van der Waals surface area contributed by atoms with Crippen LogP contribution in [-0.2, 0) is 4.74 Å². The molecule has 152 valence electrons. The Morgan fingerprint density at radius 1 is 0.929 bits per heavy atom. The van der Waals surface area contributed by atoms with E-state index in [2.05, 4.69) is 9.88 Å². The molecule has 2 aliphatic rings. The number of aromatic nitrogens is 1. The lowest BCUT2D eigenvalue weighted by molar-refractivity contribution is 0.0570. The van der Waals surface area contributed by atoms with Crippen molar-refractivity contribution in [2.24, 2.45) is 0 Å². The second kappa shape index (κ2) is 9.01. The van der Waals surface area contributed by atoms with Crippen molar-refractivity contribution < 1.29 is 19.1 Å². The normalized spacial score (nSPS) is 18.1. The fourth-order valence-electron chi connectivity index (χ4n) is 3.34. The second-order valence-electron chi connectivity index (χ2n) is 7.00. The Bertz CT molecular complexity index is 725. The highest BCUT2D eigenvalue weighted by atomic mass is 16.6. The molecule has 3 rings (SSSR count). The number of pyridine rings is 1. The number of carbonyl (C=O) groups is 3. The zero-order chi connectivity index (χ0) is 20.1. The van der Waals surface area contributed by atoms with E-state index < -0.39 is 0 Å². The fraction of sp³-hybridized carbons (Fsp3) is 0.579. The van der Waals surface area contributed by atoms with E-state index in [0.717, 1.165) is 13.1 Å². The van der Waals surface area contributed by atoms with Crippen LogP contribution in [0.2, 0.25) is 0 Å². The van der Waals surface area contributed by atoms with E-state index >= 15 is 0 Å². The second-order valence-corrected chi connectivity index (χ2v) is 7.00. The summed E-state index contributed by atoms with van der Waals surface area (Å²) in [6.45, 7) is 6.80. The van der Waals surface area contributed by atoms with Gasteiger partial charge in [-0.3, -0.25) is 14.6 Å². The summed E-state index contributed by atoms with van der Waals surface area (Å²) in [4.78, 5) is 48.7. The predicted molar refractivity (Wildman–Crippen MR) is 102 cm³/mol. The minimum absolute atomic E-state index is 0.144. The van der Waals surface area contributed by atoms with Gasteiger partial charge in [0.2, 0.25) is 0 Å². The summed E-state index contributed by atoms with van der Waals surface area (Å²) in [7, 11) is 2.03. The third-order valence-electron chi connectivity index (χ3n) is 5.11. The Morgan fingerprint density at radius 3 is 2.14 bits per heavy atom. The molecule has 0 radical (unpaired) electrons. The first-order chi connectivity index (χ1) is 13.5. The van der Waals surface area contributed by atoms with Gasteiger partial charge in [-0.25, -0.2) is 4.79 Å². The van der Waals surface area contributed by atoms with E-state index in [1.165, 1.54) is 6.20 Å². The molecule has 0 unspecified atom stereocenters. The van der Waals surface area contributed by atoms with E-state index in [-0.39, 0.29) is 17.9 Å². The number of amides is 3. The zero-order valence-electron chi connectivity index (χ0n) is 16.5. The molecule has 0 saturated carbocycles. The number of carbonyl (C=O) groups excluding carboxylic acids is 3. The molecule has 1 aromatic rings. The molecule has 2 saturated heterocycles. The molecule has 1 aromatic heterocycles. The van der Waals surface area contributed by atoms with Crippen LogP contribution in [0.25, 0.3) is 0 Å². The number of likely N-dealkylation sites (N-methyl/N-ethyl adjacent to an activating group) is 1. The Kier molecular flexibility index (Phi) is 6.45. The maximum atomic E-state index is 12.8. The van der Waals surface area contributed by atoms with E-state index in [1.807, 2.05) is 7.05 Å². The molecule has 2 aliphatic heterocycles. The zero-order valence-corrected chi connectivity index (χ0v) is 16.5. The van der Waals surface area contributed by atoms with Gasteiger partial charge in [0.25, 0.3) is 11.8 Å². The highest BCUT2D eigenvalue weighted by Gasteiger charge is 2.27. The summed E-state index contributed by atoms with van der Waals surface area (Å²) in [6, 6.07) is 3.20. The molecule has 0 aromatic carbocycles. The molecule has 3 heterocycles. The van der Waals surface area contributed by atoms with Gasteiger partial charge in [-0.1, -0.05) is 0 Å². The lowest BCUT2D eigenvalue weighted by Gasteiger charge is -2.34. The van der Waals surface area contributed by atoms with Crippen molar-refractivity contribution in [1.29, 1.82) is 0 Å². The van der Waals surface area contributed by atoms with Crippen molar-refractivity contribution in [1.82, 2.24) is 24.6 Å². The van der Waals surface area contributed by atoms with E-state index in [9.17, 15) is 14.4 Å². The van der Waals surface area contributed by atoms with Gasteiger partial charge in [0.1, 0.15) is 5.69 Å². The minimum atomic E-state index is -0.349. The van der Waals surface area contributed by atoms with Gasteiger partial charge in [0, 0.05) is 64.1 Å². The Balaban J connectivity index is 1.61. The molecule has 9 heteroatoms. The minimum Gasteiger partial charge on any atom is -0.450 e. The van der Waals surface area contributed by atoms with Gasteiger partial charge in [-0.05, 0) is 26.1 Å². The maximum absolute atomic E-state index is 12.8. The van der Waals surface area contributed by atoms with E-state index in [4.69, 9.17) is 4.74 Å². The lowest BCUT2D eigenvalue weighted by Crippen LogP contribution is -2.50. The van der Waals surface area contributed by atoms with Crippen LogP contribution in [0.15, 0.2) is 18.3 Å². The van der Waals surface area contributed by atoms with Gasteiger partial charge in [0.15, 0.2) is 0 Å². The molecule has 3 amide bonds. The monoisotopic (exact) mass is 389 g/mol. The lowest BCUT2D eigenvalue weighted by atomic mass is 10.1. The molecule has 0 bridgehead atoms. The van der Waals surface area contributed by atoms with Gasteiger partial charge in [-0.2, -0.15) is 0 Å². The molecule has 0 atom stereocenters. The average Bonchev–Trinajstić information content (AvgIpc) is 2.73. The van der Waals surface area contributed by atoms with Gasteiger partial charge in [0.05, 0.1) is 6.61 Å². The van der Waals surface area contributed by atoms with Crippen LogP contribution in [0.1, 0.15) is 27.8 Å². The van der Waals surface area contributed by atoms with Crippen LogP contribution < -0.4 is 0 Å². The smallest absolute Gasteiger partial charge is 0.409 e.